The standard InChI is InChI=1S/C9H18N2/c1-2-9(10)11-8-6-4-3-5-7-8/h2,8,11H,3-7,10H2,1H3. The quantitative estimate of drug-likeness (QED) is 0.635. The number of allylic oxidation sites excluding steroid dienone is 1. The van der Waals surface area contributed by atoms with Gasteiger partial charge < -0.3 is 11.1 Å². The van der Waals surface area contributed by atoms with E-state index >= 15 is 0 Å². The molecule has 0 atom stereocenters. The summed E-state index contributed by atoms with van der Waals surface area (Å²) in [5.41, 5.74) is 5.65. The van der Waals surface area contributed by atoms with E-state index in [1.165, 1.54) is 32.1 Å². The fraction of sp³-hybridized carbons (Fsp3) is 0.778. The largest absolute Gasteiger partial charge is 0.386 e. The molecule has 2 heteroatoms. The van der Waals surface area contributed by atoms with Gasteiger partial charge >= 0.3 is 0 Å². The van der Waals surface area contributed by atoms with Gasteiger partial charge in [-0.2, -0.15) is 0 Å². The summed E-state index contributed by atoms with van der Waals surface area (Å²) in [7, 11) is 0. The highest BCUT2D eigenvalue weighted by Crippen LogP contribution is 2.17. The van der Waals surface area contributed by atoms with Crippen LogP contribution in [0.25, 0.3) is 0 Å². The van der Waals surface area contributed by atoms with Gasteiger partial charge in [0, 0.05) is 6.04 Å². The first-order valence-electron chi connectivity index (χ1n) is 4.51. The Labute approximate surface area is 68.9 Å². The molecule has 1 aliphatic carbocycles. The van der Waals surface area contributed by atoms with Crippen molar-refractivity contribution in [2.45, 2.75) is 45.1 Å². The predicted octanol–water partition coefficient (Wildman–Crippen LogP) is 1.73. The Morgan fingerprint density at radius 2 is 2.00 bits per heavy atom. The van der Waals surface area contributed by atoms with Crippen molar-refractivity contribution < 1.29 is 0 Å². The van der Waals surface area contributed by atoms with E-state index in [9.17, 15) is 0 Å². The minimum absolute atomic E-state index is 0.639. The Morgan fingerprint density at radius 1 is 1.36 bits per heavy atom. The van der Waals surface area contributed by atoms with Crippen molar-refractivity contribution in [1.82, 2.24) is 5.32 Å². The van der Waals surface area contributed by atoms with E-state index in [2.05, 4.69) is 5.32 Å². The molecule has 0 aromatic heterocycles. The monoisotopic (exact) mass is 154 g/mol. The average molecular weight is 154 g/mol. The molecule has 64 valence electrons. The molecule has 0 amide bonds. The fourth-order valence-electron chi connectivity index (χ4n) is 1.57. The van der Waals surface area contributed by atoms with Crippen molar-refractivity contribution in [2.75, 3.05) is 0 Å². The maximum Gasteiger partial charge on any atom is 0.0918 e. The molecule has 3 N–H and O–H groups in total. The lowest BCUT2D eigenvalue weighted by molar-refractivity contribution is 0.395. The SMILES string of the molecule is CC=C(N)NC1CCCCC1. The molecule has 0 bridgehead atoms. The second-order valence-electron chi connectivity index (χ2n) is 3.22. The molecule has 0 aromatic rings. The molecular formula is C9H18N2. The van der Waals surface area contributed by atoms with Crippen molar-refractivity contribution >= 4 is 0 Å². The van der Waals surface area contributed by atoms with Crippen LogP contribution in [0.3, 0.4) is 0 Å². The molecule has 2 nitrogen and oxygen atoms in total. The average Bonchev–Trinajstić information content (AvgIpc) is 2.06. The zero-order chi connectivity index (χ0) is 8.10. The second-order valence-corrected chi connectivity index (χ2v) is 3.22. The predicted molar refractivity (Wildman–Crippen MR) is 48.0 cm³/mol. The van der Waals surface area contributed by atoms with Gasteiger partial charge in [-0.05, 0) is 25.8 Å². The minimum atomic E-state index is 0.639. The molecular weight excluding hydrogens is 136 g/mol. The Hall–Kier alpha value is -0.660. The summed E-state index contributed by atoms with van der Waals surface area (Å²) in [6.45, 7) is 1.96. The maximum absolute atomic E-state index is 5.65. The Kier molecular flexibility index (Phi) is 3.27. The topological polar surface area (TPSA) is 38.0 Å². The van der Waals surface area contributed by atoms with Crippen LogP contribution in [0.15, 0.2) is 11.9 Å². The highest BCUT2D eigenvalue weighted by molar-refractivity contribution is 4.93. The van der Waals surface area contributed by atoms with Gasteiger partial charge in [-0.25, -0.2) is 0 Å². The minimum Gasteiger partial charge on any atom is -0.386 e. The highest BCUT2D eigenvalue weighted by atomic mass is 15.0. The van der Waals surface area contributed by atoms with Crippen molar-refractivity contribution in [1.29, 1.82) is 0 Å². The highest BCUT2D eigenvalue weighted by Gasteiger charge is 2.11. The number of rotatable bonds is 2. The summed E-state index contributed by atoms with van der Waals surface area (Å²) in [6, 6.07) is 0.639. The summed E-state index contributed by atoms with van der Waals surface area (Å²) in [4.78, 5) is 0. The van der Waals surface area contributed by atoms with Crippen molar-refractivity contribution in [3.8, 4) is 0 Å². The maximum atomic E-state index is 5.65. The molecule has 0 radical (unpaired) electrons. The van der Waals surface area contributed by atoms with Crippen LogP contribution in [0.1, 0.15) is 39.0 Å². The molecule has 1 rings (SSSR count). The lowest BCUT2D eigenvalue weighted by Crippen LogP contribution is -2.33. The summed E-state index contributed by atoms with van der Waals surface area (Å²) in [5, 5.41) is 3.31. The molecule has 11 heavy (non-hydrogen) atoms. The van der Waals surface area contributed by atoms with Crippen LogP contribution in [0.5, 0.6) is 0 Å². The first-order valence-corrected chi connectivity index (χ1v) is 4.51. The van der Waals surface area contributed by atoms with Crippen LogP contribution in [0.4, 0.5) is 0 Å². The van der Waals surface area contributed by atoms with Crippen LogP contribution >= 0.6 is 0 Å². The number of hydrogen-bond acceptors (Lipinski definition) is 2. The smallest absolute Gasteiger partial charge is 0.0918 e. The molecule has 0 heterocycles. The molecule has 1 saturated carbocycles. The third-order valence-corrected chi connectivity index (χ3v) is 2.29. The van der Waals surface area contributed by atoms with Gasteiger partial charge in [0.2, 0.25) is 0 Å². The first kappa shape index (κ1) is 8.44. The van der Waals surface area contributed by atoms with Gasteiger partial charge in [0.25, 0.3) is 0 Å². The lowest BCUT2D eigenvalue weighted by atomic mass is 9.95. The van der Waals surface area contributed by atoms with Gasteiger partial charge in [0.05, 0.1) is 5.82 Å². The zero-order valence-electron chi connectivity index (χ0n) is 7.27. The second kappa shape index (κ2) is 4.27. The summed E-state index contributed by atoms with van der Waals surface area (Å²) in [5.74, 6) is 0.830. The van der Waals surface area contributed by atoms with Crippen molar-refractivity contribution in [3.05, 3.63) is 11.9 Å². The summed E-state index contributed by atoms with van der Waals surface area (Å²) >= 11 is 0. The van der Waals surface area contributed by atoms with Gasteiger partial charge in [-0.1, -0.05) is 19.3 Å². The Morgan fingerprint density at radius 3 is 2.55 bits per heavy atom. The summed E-state index contributed by atoms with van der Waals surface area (Å²) in [6.07, 6.45) is 8.61. The van der Waals surface area contributed by atoms with Crippen LogP contribution < -0.4 is 11.1 Å². The number of nitrogens with two attached hydrogens (primary N) is 1. The van der Waals surface area contributed by atoms with Crippen LogP contribution in [0, 0.1) is 0 Å². The summed E-state index contributed by atoms with van der Waals surface area (Å²) < 4.78 is 0. The Bertz CT molecular complexity index is 134. The molecule has 0 unspecified atom stereocenters. The van der Waals surface area contributed by atoms with E-state index in [1.54, 1.807) is 0 Å². The molecule has 0 aromatic carbocycles. The normalized spacial score (nSPS) is 21.7. The zero-order valence-corrected chi connectivity index (χ0v) is 7.27. The number of hydrogen-bond donors (Lipinski definition) is 2. The van der Waals surface area contributed by atoms with Crippen molar-refractivity contribution in [2.24, 2.45) is 5.73 Å². The van der Waals surface area contributed by atoms with E-state index in [1.807, 2.05) is 13.0 Å². The van der Waals surface area contributed by atoms with E-state index in [0.29, 0.717) is 6.04 Å². The van der Waals surface area contributed by atoms with E-state index < -0.39 is 0 Å². The van der Waals surface area contributed by atoms with E-state index in [-0.39, 0.29) is 0 Å². The van der Waals surface area contributed by atoms with Gasteiger partial charge in [-0.3, -0.25) is 0 Å². The third kappa shape index (κ3) is 2.83. The number of nitrogens with one attached hydrogen (secondary N) is 1. The van der Waals surface area contributed by atoms with Crippen LogP contribution in [0.2, 0.25) is 0 Å². The third-order valence-electron chi connectivity index (χ3n) is 2.29. The van der Waals surface area contributed by atoms with Gasteiger partial charge in [0.1, 0.15) is 0 Å². The molecule has 0 aliphatic heterocycles. The molecule has 1 aliphatic rings. The van der Waals surface area contributed by atoms with E-state index in [4.69, 9.17) is 5.73 Å². The van der Waals surface area contributed by atoms with Crippen molar-refractivity contribution in [3.63, 3.8) is 0 Å². The Balaban J connectivity index is 2.24. The van der Waals surface area contributed by atoms with E-state index in [0.717, 1.165) is 5.82 Å². The molecule has 1 fully saturated rings. The van der Waals surface area contributed by atoms with Crippen LogP contribution in [-0.2, 0) is 0 Å². The fourth-order valence-corrected chi connectivity index (χ4v) is 1.57. The van der Waals surface area contributed by atoms with Crippen LogP contribution in [-0.4, -0.2) is 6.04 Å². The lowest BCUT2D eigenvalue weighted by Gasteiger charge is -2.23. The molecule has 0 spiro atoms. The first-order chi connectivity index (χ1) is 5.33. The van der Waals surface area contributed by atoms with Gasteiger partial charge in [-0.15, -0.1) is 0 Å². The molecule has 0 saturated heterocycles. The van der Waals surface area contributed by atoms with Gasteiger partial charge in [0.15, 0.2) is 0 Å².